The number of aromatic nitrogens is 2. The van der Waals surface area contributed by atoms with Crippen molar-refractivity contribution in [2.75, 3.05) is 24.5 Å². The lowest BCUT2D eigenvalue weighted by Crippen LogP contribution is -2.50. The fourth-order valence-electron chi connectivity index (χ4n) is 3.57. The summed E-state index contributed by atoms with van der Waals surface area (Å²) in [7, 11) is 0. The van der Waals surface area contributed by atoms with Gasteiger partial charge in [-0.15, -0.1) is 0 Å². The fraction of sp³-hybridized carbons (Fsp3) is 0.812. The van der Waals surface area contributed by atoms with Gasteiger partial charge in [-0.25, -0.2) is 4.98 Å². The summed E-state index contributed by atoms with van der Waals surface area (Å²) in [6, 6.07) is 0.418. The van der Waals surface area contributed by atoms with Gasteiger partial charge in [-0.05, 0) is 32.2 Å². The zero-order chi connectivity index (χ0) is 16.6. The van der Waals surface area contributed by atoms with E-state index in [4.69, 9.17) is 10.7 Å². The Kier molecular flexibility index (Phi) is 4.60. The van der Waals surface area contributed by atoms with Crippen LogP contribution in [0.2, 0.25) is 0 Å². The predicted molar refractivity (Wildman–Crippen MR) is 92.8 cm³/mol. The Labute approximate surface area is 142 Å². The SMILES string of the molecule is CC(C)(C)c1nsc(N2CCC(N3CCC[C@H]3C(N)=O)CC2)n1. The normalized spacial score (nSPS) is 24.3. The molecular formula is C16H27N5OS. The zero-order valence-corrected chi connectivity index (χ0v) is 15.1. The van der Waals surface area contributed by atoms with Crippen molar-refractivity contribution in [1.29, 1.82) is 0 Å². The molecule has 7 heteroatoms. The molecule has 2 saturated heterocycles. The Balaban J connectivity index is 1.60. The van der Waals surface area contributed by atoms with Gasteiger partial charge in [0.15, 0.2) is 0 Å². The number of rotatable bonds is 3. The quantitative estimate of drug-likeness (QED) is 0.909. The van der Waals surface area contributed by atoms with Crippen LogP contribution in [0, 0.1) is 0 Å². The summed E-state index contributed by atoms with van der Waals surface area (Å²) in [5.74, 6) is 0.761. The summed E-state index contributed by atoms with van der Waals surface area (Å²) < 4.78 is 4.51. The maximum atomic E-state index is 11.6. The molecule has 0 radical (unpaired) electrons. The lowest BCUT2D eigenvalue weighted by molar-refractivity contribution is -0.123. The largest absolute Gasteiger partial charge is 0.368 e. The monoisotopic (exact) mass is 337 g/mol. The molecule has 2 aliphatic heterocycles. The number of anilines is 1. The molecule has 1 aromatic heterocycles. The van der Waals surface area contributed by atoms with Gasteiger partial charge in [-0.3, -0.25) is 9.69 Å². The van der Waals surface area contributed by atoms with Gasteiger partial charge < -0.3 is 10.6 Å². The first-order valence-corrected chi connectivity index (χ1v) is 9.28. The molecule has 6 nitrogen and oxygen atoms in total. The minimum atomic E-state index is -0.163. The van der Waals surface area contributed by atoms with E-state index < -0.39 is 0 Å². The molecule has 1 atom stereocenters. The second-order valence-electron chi connectivity index (χ2n) is 7.67. The number of hydrogen-bond donors (Lipinski definition) is 1. The van der Waals surface area contributed by atoms with Crippen molar-refractivity contribution < 1.29 is 4.79 Å². The van der Waals surface area contributed by atoms with Gasteiger partial charge >= 0.3 is 0 Å². The van der Waals surface area contributed by atoms with E-state index in [9.17, 15) is 4.79 Å². The minimum absolute atomic E-state index is 0.00265. The van der Waals surface area contributed by atoms with E-state index in [1.165, 1.54) is 11.5 Å². The van der Waals surface area contributed by atoms with Crippen LogP contribution in [0.3, 0.4) is 0 Å². The molecule has 3 rings (SSSR count). The highest BCUT2D eigenvalue weighted by Crippen LogP contribution is 2.30. The van der Waals surface area contributed by atoms with Crippen LogP contribution < -0.4 is 10.6 Å². The first-order chi connectivity index (χ1) is 10.9. The summed E-state index contributed by atoms with van der Waals surface area (Å²) in [5.41, 5.74) is 5.55. The van der Waals surface area contributed by atoms with Crippen molar-refractivity contribution in [1.82, 2.24) is 14.3 Å². The van der Waals surface area contributed by atoms with Crippen molar-refractivity contribution in [2.24, 2.45) is 5.73 Å². The first-order valence-electron chi connectivity index (χ1n) is 8.50. The van der Waals surface area contributed by atoms with Crippen molar-refractivity contribution in [3.63, 3.8) is 0 Å². The molecule has 2 aliphatic rings. The number of carbonyl (C=O) groups is 1. The second kappa shape index (κ2) is 6.36. The number of piperidine rings is 1. The summed E-state index contributed by atoms with van der Waals surface area (Å²) in [6.07, 6.45) is 4.13. The molecule has 2 fully saturated rings. The Morgan fingerprint density at radius 2 is 1.91 bits per heavy atom. The second-order valence-corrected chi connectivity index (χ2v) is 8.40. The Morgan fingerprint density at radius 1 is 1.22 bits per heavy atom. The van der Waals surface area contributed by atoms with Crippen LogP contribution in [-0.4, -0.2) is 51.9 Å². The average molecular weight is 337 g/mol. The summed E-state index contributed by atoms with van der Waals surface area (Å²) in [6.45, 7) is 9.38. The highest BCUT2D eigenvalue weighted by atomic mass is 32.1. The molecule has 0 bridgehead atoms. The molecule has 3 heterocycles. The van der Waals surface area contributed by atoms with E-state index in [0.717, 1.165) is 56.3 Å². The number of carbonyl (C=O) groups excluding carboxylic acids is 1. The van der Waals surface area contributed by atoms with Crippen LogP contribution >= 0.6 is 11.5 Å². The standard InChI is InChI=1S/C16H27N5OS/c1-16(2,3)14-18-15(23-19-14)20-9-6-11(7-10-20)21-8-4-5-12(21)13(17)22/h11-12H,4-10H2,1-3H3,(H2,17,22)/t12-/m0/s1. The van der Waals surface area contributed by atoms with Crippen LogP contribution in [0.4, 0.5) is 5.13 Å². The number of amides is 1. The number of nitrogens with zero attached hydrogens (tertiary/aromatic N) is 4. The van der Waals surface area contributed by atoms with E-state index in [-0.39, 0.29) is 17.4 Å². The number of likely N-dealkylation sites (tertiary alicyclic amines) is 1. The highest BCUT2D eigenvalue weighted by molar-refractivity contribution is 7.09. The van der Waals surface area contributed by atoms with E-state index in [2.05, 4.69) is 34.9 Å². The molecule has 128 valence electrons. The Morgan fingerprint density at radius 3 is 2.48 bits per heavy atom. The molecular weight excluding hydrogens is 310 g/mol. The lowest BCUT2D eigenvalue weighted by Gasteiger charge is -2.38. The third kappa shape index (κ3) is 3.50. The van der Waals surface area contributed by atoms with Gasteiger partial charge in [0.25, 0.3) is 0 Å². The van der Waals surface area contributed by atoms with Crippen LogP contribution in [0.1, 0.15) is 52.3 Å². The van der Waals surface area contributed by atoms with Crippen molar-refractivity contribution in [3.05, 3.63) is 5.82 Å². The third-order valence-corrected chi connectivity index (χ3v) is 5.69. The van der Waals surface area contributed by atoms with Gasteiger partial charge in [0.1, 0.15) is 5.82 Å². The van der Waals surface area contributed by atoms with Gasteiger partial charge in [0.2, 0.25) is 11.0 Å². The van der Waals surface area contributed by atoms with E-state index in [0.29, 0.717) is 6.04 Å². The maximum absolute atomic E-state index is 11.6. The van der Waals surface area contributed by atoms with E-state index in [1.54, 1.807) is 0 Å². The fourth-order valence-corrected chi connectivity index (χ4v) is 4.48. The summed E-state index contributed by atoms with van der Waals surface area (Å²) >= 11 is 1.50. The number of hydrogen-bond acceptors (Lipinski definition) is 6. The molecule has 1 amide bonds. The smallest absolute Gasteiger partial charge is 0.234 e. The number of nitrogens with two attached hydrogens (primary N) is 1. The topological polar surface area (TPSA) is 75.3 Å². The predicted octanol–water partition coefficient (Wildman–Crippen LogP) is 1.75. The van der Waals surface area contributed by atoms with Gasteiger partial charge in [-0.2, -0.15) is 4.37 Å². The van der Waals surface area contributed by atoms with Gasteiger partial charge in [0.05, 0.1) is 6.04 Å². The van der Waals surface area contributed by atoms with Crippen LogP contribution in [0.15, 0.2) is 0 Å². The molecule has 2 N–H and O–H groups in total. The van der Waals surface area contributed by atoms with E-state index >= 15 is 0 Å². The molecule has 0 unspecified atom stereocenters. The molecule has 23 heavy (non-hydrogen) atoms. The van der Waals surface area contributed by atoms with E-state index in [1.807, 2.05) is 0 Å². The average Bonchev–Trinajstić information content (AvgIpc) is 3.16. The number of primary amides is 1. The zero-order valence-electron chi connectivity index (χ0n) is 14.3. The molecule has 1 aromatic rings. The maximum Gasteiger partial charge on any atom is 0.234 e. The third-order valence-electron chi connectivity index (χ3n) is 4.91. The van der Waals surface area contributed by atoms with Crippen LogP contribution in [0.5, 0.6) is 0 Å². The molecule has 0 saturated carbocycles. The Bertz CT molecular complexity index is 559. The highest BCUT2D eigenvalue weighted by Gasteiger charge is 2.36. The summed E-state index contributed by atoms with van der Waals surface area (Å²) in [5, 5.41) is 1.03. The van der Waals surface area contributed by atoms with Crippen molar-refractivity contribution in [2.45, 2.75) is 64.0 Å². The Hall–Kier alpha value is -1.21. The lowest BCUT2D eigenvalue weighted by atomic mass is 9.96. The van der Waals surface area contributed by atoms with Crippen LogP contribution in [-0.2, 0) is 10.2 Å². The minimum Gasteiger partial charge on any atom is -0.368 e. The molecule has 0 spiro atoms. The first kappa shape index (κ1) is 16.6. The van der Waals surface area contributed by atoms with Crippen molar-refractivity contribution in [3.8, 4) is 0 Å². The van der Waals surface area contributed by atoms with Gasteiger partial charge in [0, 0.05) is 36.1 Å². The van der Waals surface area contributed by atoms with Gasteiger partial charge in [-0.1, -0.05) is 20.8 Å². The van der Waals surface area contributed by atoms with Crippen molar-refractivity contribution >= 4 is 22.6 Å². The molecule has 0 aliphatic carbocycles. The molecule has 0 aromatic carbocycles. The summed E-state index contributed by atoms with van der Waals surface area (Å²) in [4.78, 5) is 21.0. The van der Waals surface area contributed by atoms with Crippen LogP contribution in [0.25, 0.3) is 0 Å².